The molecule has 0 radical (unpaired) electrons. The van der Waals surface area contributed by atoms with Crippen LogP contribution in [0.25, 0.3) is 0 Å². The van der Waals surface area contributed by atoms with Crippen molar-refractivity contribution in [2.24, 2.45) is 0 Å². The average molecular weight is 287 g/mol. The molecule has 0 spiro atoms. The van der Waals surface area contributed by atoms with Crippen LogP contribution < -0.4 is 5.32 Å². The van der Waals surface area contributed by atoms with Crippen molar-refractivity contribution in [1.82, 2.24) is 5.32 Å². The quantitative estimate of drug-likeness (QED) is 0.881. The third kappa shape index (κ3) is 3.56. The van der Waals surface area contributed by atoms with Crippen molar-refractivity contribution < 1.29 is 4.21 Å². The molecule has 0 heterocycles. The molecule has 3 unspecified atom stereocenters. The molecule has 0 saturated carbocycles. The van der Waals surface area contributed by atoms with Crippen LogP contribution in [0.3, 0.4) is 0 Å². The normalized spacial score (nSPS) is 15.5. The van der Waals surface area contributed by atoms with E-state index in [9.17, 15) is 4.21 Å². The molecule has 2 aromatic rings. The third-order valence-electron chi connectivity index (χ3n) is 3.37. The Labute approximate surface area is 123 Å². The highest BCUT2D eigenvalue weighted by atomic mass is 32.2. The summed E-state index contributed by atoms with van der Waals surface area (Å²) in [5, 5.41) is 3.44. The molecule has 0 saturated heterocycles. The van der Waals surface area contributed by atoms with Crippen LogP contribution in [0.2, 0.25) is 0 Å². The summed E-state index contributed by atoms with van der Waals surface area (Å²) in [4.78, 5) is 0. The van der Waals surface area contributed by atoms with Crippen LogP contribution in [0.4, 0.5) is 0 Å². The molecule has 106 valence electrons. The monoisotopic (exact) mass is 287 g/mol. The number of nitrogens with one attached hydrogen (secondary N) is 1. The molecule has 0 aliphatic carbocycles. The van der Waals surface area contributed by atoms with E-state index in [0.717, 1.165) is 12.1 Å². The molecule has 0 amide bonds. The van der Waals surface area contributed by atoms with Gasteiger partial charge in [-0.15, -0.1) is 0 Å². The fourth-order valence-electron chi connectivity index (χ4n) is 2.50. The second-order valence-corrected chi connectivity index (χ2v) is 6.28. The highest BCUT2D eigenvalue weighted by molar-refractivity contribution is 7.84. The van der Waals surface area contributed by atoms with Gasteiger partial charge in [-0.05, 0) is 17.7 Å². The zero-order valence-corrected chi connectivity index (χ0v) is 12.8. The van der Waals surface area contributed by atoms with Crippen molar-refractivity contribution in [2.45, 2.75) is 18.2 Å². The van der Waals surface area contributed by atoms with Gasteiger partial charge in [-0.2, -0.15) is 0 Å². The third-order valence-corrected chi connectivity index (χ3v) is 4.63. The lowest BCUT2D eigenvalue weighted by atomic mass is 9.98. The maximum Gasteiger partial charge on any atom is 0.0789 e. The lowest BCUT2D eigenvalue weighted by molar-refractivity contribution is 0.530. The first-order valence-electron chi connectivity index (χ1n) is 6.89. The summed E-state index contributed by atoms with van der Waals surface area (Å²) in [5.41, 5.74) is 2.29. The maximum atomic E-state index is 12.3. The van der Waals surface area contributed by atoms with Gasteiger partial charge in [0.05, 0.1) is 11.3 Å². The summed E-state index contributed by atoms with van der Waals surface area (Å²) in [6.45, 7) is 2.93. The van der Waals surface area contributed by atoms with E-state index in [1.54, 1.807) is 6.26 Å². The molecular weight excluding hydrogens is 266 g/mol. The molecule has 20 heavy (non-hydrogen) atoms. The number of benzene rings is 2. The Morgan fingerprint density at radius 3 is 1.90 bits per heavy atom. The average Bonchev–Trinajstić information content (AvgIpc) is 2.48. The van der Waals surface area contributed by atoms with Crippen molar-refractivity contribution >= 4 is 10.8 Å². The first kappa shape index (κ1) is 14.9. The van der Waals surface area contributed by atoms with Crippen LogP contribution in [0.15, 0.2) is 60.7 Å². The van der Waals surface area contributed by atoms with E-state index in [-0.39, 0.29) is 11.3 Å². The van der Waals surface area contributed by atoms with Crippen LogP contribution >= 0.6 is 0 Å². The van der Waals surface area contributed by atoms with Crippen molar-refractivity contribution in [2.75, 3.05) is 12.8 Å². The Balaban J connectivity index is 2.41. The van der Waals surface area contributed by atoms with E-state index in [0.29, 0.717) is 0 Å². The largest absolute Gasteiger partial charge is 0.309 e. The van der Waals surface area contributed by atoms with Gasteiger partial charge in [0.25, 0.3) is 0 Å². The van der Waals surface area contributed by atoms with Crippen LogP contribution in [-0.4, -0.2) is 17.0 Å². The van der Waals surface area contributed by atoms with Gasteiger partial charge >= 0.3 is 0 Å². The Bertz CT molecular complexity index is 541. The minimum atomic E-state index is -0.949. The standard InChI is InChI=1S/C17H21NOS/c1-3-18-16(14-10-6-4-7-11-14)17(20(2)19)15-12-8-5-9-13-15/h4-13,16-18H,3H2,1-2H3. The van der Waals surface area contributed by atoms with Gasteiger partial charge in [-0.3, -0.25) is 4.21 Å². The number of hydrogen-bond acceptors (Lipinski definition) is 2. The van der Waals surface area contributed by atoms with Crippen molar-refractivity contribution in [1.29, 1.82) is 0 Å². The fraction of sp³-hybridized carbons (Fsp3) is 0.294. The van der Waals surface area contributed by atoms with Gasteiger partial charge < -0.3 is 5.32 Å². The Kier molecular flexibility index (Phi) is 5.50. The van der Waals surface area contributed by atoms with Crippen LogP contribution in [0, 0.1) is 0 Å². The second-order valence-electron chi connectivity index (χ2n) is 4.78. The summed E-state index contributed by atoms with van der Waals surface area (Å²) in [6.07, 6.45) is 1.78. The highest BCUT2D eigenvalue weighted by Crippen LogP contribution is 2.33. The molecular formula is C17H21NOS. The van der Waals surface area contributed by atoms with Crippen LogP contribution in [-0.2, 0) is 10.8 Å². The zero-order chi connectivity index (χ0) is 14.4. The fourth-order valence-corrected chi connectivity index (χ4v) is 3.68. The molecule has 0 fully saturated rings. The lowest BCUT2D eigenvalue weighted by Gasteiger charge is -2.27. The van der Waals surface area contributed by atoms with E-state index in [1.807, 2.05) is 36.4 Å². The Morgan fingerprint density at radius 1 is 0.950 bits per heavy atom. The minimum absolute atomic E-state index is 0.0430. The second kappa shape index (κ2) is 7.36. The van der Waals surface area contributed by atoms with Gasteiger partial charge in [-0.1, -0.05) is 67.6 Å². The Morgan fingerprint density at radius 2 is 1.45 bits per heavy atom. The number of hydrogen-bond donors (Lipinski definition) is 1. The summed E-state index contributed by atoms with van der Waals surface area (Å²) in [6, 6.07) is 20.4. The Hall–Kier alpha value is -1.45. The minimum Gasteiger partial charge on any atom is -0.309 e. The number of rotatable bonds is 6. The van der Waals surface area contributed by atoms with Gasteiger partial charge in [0.2, 0.25) is 0 Å². The van der Waals surface area contributed by atoms with Gasteiger partial charge in [0.1, 0.15) is 0 Å². The van der Waals surface area contributed by atoms with E-state index < -0.39 is 10.8 Å². The molecule has 2 nitrogen and oxygen atoms in total. The van der Waals surface area contributed by atoms with Gasteiger partial charge in [0, 0.05) is 17.1 Å². The molecule has 0 aliphatic heterocycles. The molecule has 1 N–H and O–H groups in total. The lowest BCUT2D eigenvalue weighted by Crippen LogP contribution is -2.29. The van der Waals surface area contributed by atoms with E-state index >= 15 is 0 Å². The molecule has 3 heteroatoms. The van der Waals surface area contributed by atoms with Gasteiger partial charge in [-0.25, -0.2) is 0 Å². The topological polar surface area (TPSA) is 29.1 Å². The molecule has 0 aromatic heterocycles. The number of likely N-dealkylation sites (N-methyl/N-ethyl adjacent to an activating group) is 1. The predicted molar refractivity (Wildman–Crippen MR) is 86.1 cm³/mol. The zero-order valence-electron chi connectivity index (χ0n) is 12.0. The molecule has 0 bridgehead atoms. The van der Waals surface area contributed by atoms with Crippen molar-refractivity contribution in [3.05, 3.63) is 71.8 Å². The summed E-state index contributed by atoms with van der Waals surface area (Å²) < 4.78 is 12.3. The van der Waals surface area contributed by atoms with E-state index in [2.05, 4.69) is 36.5 Å². The molecule has 3 atom stereocenters. The summed E-state index contributed by atoms with van der Waals surface area (Å²) in [7, 11) is -0.949. The summed E-state index contributed by atoms with van der Waals surface area (Å²) >= 11 is 0. The first-order valence-corrected chi connectivity index (χ1v) is 8.51. The molecule has 2 rings (SSSR count). The van der Waals surface area contributed by atoms with E-state index in [4.69, 9.17) is 0 Å². The van der Waals surface area contributed by atoms with Crippen molar-refractivity contribution in [3.8, 4) is 0 Å². The predicted octanol–water partition coefficient (Wildman–Crippen LogP) is 3.46. The van der Waals surface area contributed by atoms with Crippen molar-refractivity contribution in [3.63, 3.8) is 0 Å². The smallest absolute Gasteiger partial charge is 0.0789 e. The highest BCUT2D eigenvalue weighted by Gasteiger charge is 2.27. The van der Waals surface area contributed by atoms with Crippen LogP contribution in [0.5, 0.6) is 0 Å². The van der Waals surface area contributed by atoms with Gasteiger partial charge in [0.15, 0.2) is 0 Å². The SMILES string of the molecule is CCNC(c1ccccc1)C(c1ccccc1)S(C)=O. The first-order chi connectivity index (χ1) is 9.74. The van der Waals surface area contributed by atoms with Crippen LogP contribution in [0.1, 0.15) is 29.3 Å². The maximum absolute atomic E-state index is 12.3. The molecule has 0 aliphatic rings. The van der Waals surface area contributed by atoms with E-state index in [1.165, 1.54) is 5.56 Å². The summed E-state index contributed by atoms with van der Waals surface area (Å²) in [5.74, 6) is 0. The molecule has 2 aromatic carbocycles.